The van der Waals surface area contributed by atoms with Crippen LogP contribution in [0.2, 0.25) is 0 Å². The number of pyridine rings is 1. The Morgan fingerprint density at radius 1 is 1.30 bits per heavy atom. The number of rotatable bonds is 2. The van der Waals surface area contributed by atoms with Gasteiger partial charge in [0.15, 0.2) is 0 Å². The van der Waals surface area contributed by atoms with Crippen LogP contribution in [0.25, 0.3) is 10.8 Å². The van der Waals surface area contributed by atoms with Crippen molar-refractivity contribution in [3.8, 4) is 0 Å². The molecule has 0 aromatic carbocycles. The Labute approximate surface area is 121 Å². The summed E-state index contributed by atoms with van der Waals surface area (Å²) < 4.78 is 0. The molecule has 2 fully saturated rings. The number of nitrogens with one attached hydrogen (secondary N) is 2. The molecule has 0 bridgehead atoms. The van der Waals surface area contributed by atoms with Crippen molar-refractivity contribution in [2.24, 2.45) is 5.92 Å². The van der Waals surface area contributed by atoms with Crippen LogP contribution >= 0.6 is 11.3 Å². The second kappa shape index (κ2) is 4.82. The fourth-order valence-corrected chi connectivity index (χ4v) is 4.07. The minimum absolute atomic E-state index is 0.0318. The Bertz CT molecular complexity index is 653. The average Bonchev–Trinajstić information content (AvgIpc) is 2.88. The molecule has 1 amide bonds. The van der Waals surface area contributed by atoms with Crippen molar-refractivity contribution in [3.05, 3.63) is 28.7 Å². The molecule has 0 radical (unpaired) electrons. The van der Waals surface area contributed by atoms with Gasteiger partial charge in [-0.15, -0.1) is 0 Å². The number of thiophene rings is 1. The van der Waals surface area contributed by atoms with Gasteiger partial charge in [0.05, 0.1) is 0 Å². The van der Waals surface area contributed by atoms with E-state index in [-0.39, 0.29) is 5.91 Å². The van der Waals surface area contributed by atoms with Crippen LogP contribution < -0.4 is 10.6 Å². The van der Waals surface area contributed by atoms with Crippen LogP contribution in [0.3, 0.4) is 0 Å². The molecule has 2 aliphatic rings. The molecule has 3 atom stereocenters. The molecule has 1 saturated heterocycles. The normalized spacial score (nSPS) is 28.7. The molecule has 2 aromatic heterocycles. The zero-order valence-electron chi connectivity index (χ0n) is 11.1. The predicted octanol–water partition coefficient (Wildman–Crippen LogP) is 2.17. The molecule has 2 unspecified atom stereocenters. The van der Waals surface area contributed by atoms with E-state index in [4.69, 9.17) is 0 Å². The fourth-order valence-electron chi connectivity index (χ4n) is 3.31. The highest BCUT2D eigenvalue weighted by molar-refractivity contribution is 7.09. The van der Waals surface area contributed by atoms with Crippen molar-refractivity contribution in [1.29, 1.82) is 0 Å². The highest BCUT2D eigenvalue weighted by atomic mass is 32.1. The van der Waals surface area contributed by atoms with Crippen molar-refractivity contribution in [2.75, 3.05) is 6.54 Å². The van der Waals surface area contributed by atoms with Gasteiger partial charge in [0, 0.05) is 29.0 Å². The zero-order valence-corrected chi connectivity index (χ0v) is 12.0. The van der Waals surface area contributed by atoms with Gasteiger partial charge in [-0.25, -0.2) is 0 Å². The van der Waals surface area contributed by atoms with Gasteiger partial charge in [-0.05, 0) is 48.6 Å². The number of fused-ring (bicyclic) bond motifs is 2. The van der Waals surface area contributed by atoms with E-state index in [9.17, 15) is 4.79 Å². The molecule has 0 spiro atoms. The first-order valence-electron chi connectivity index (χ1n) is 7.17. The van der Waals surface area contributed by atoms with Crippen LogP contribution in [0.1, 0.15) is 29.8 Å². The first kappa shape index (κ1) is 12.3. The van der Waals surface area contributed by atoms with Crippen LogP contribution in [-0.2, 0) is 0 Å². The number of hydrogen-bond acceptors (Lipinski definition) is 4. The van der Waals surface area contributed by atoms with E-state index in [2.05, 4.69) is 26.4 Å². The molecule has 1 saturated carbocycles. The van der Waals surface area contributed by atoms with Crippen molar-refractivity contribution < 1.29 is 4.79 Å². The van der Waals surface area contributed by atoms with Gasteiger partial charge >= 0.3 is 0 Å². The molecular weight excluding hydrogens is 270 g/mol. The molecule has 4 rings (SSSR count). The second-order valence-electron chi connectivity index (χ2n) is 5.74. The number of piperidine rings is 1. The lowest BCUT2D eigenvalue weighted by atomic mass is 9.71. The van der Waals surface area contributed by atoms with Crippen molar-refractivity contribution >= 4 is 28.0 Å². The third kappa shape index (κ3) is 2.01. The molecule has 2 aromatic rings. The maximum atomic E-state index is 12.4. The van der Waals surface area contributed by atoms with Crippen LogP contribution in [0.5, 0.6) is 0 Å². The lowest BCUT2D eigenvalue weighted by Crippen LogP contribution is -2.59. The summed E-state index contributed by atoms with van der Waals surface area (Å²) in [6.45, 7) is 1.00. The zero-order chi connectivity index (χ0) is 13.5. The monoisotopic (exact) mass is 287 g/mol. The van der Waals surface area contributed by atoms with E-state index < -0.39 is 0 Å². The predicted molar refractivity (Wildman–Crippen MR) is 80.0 cm³/mol. The Kier molecular flexibility index (Phi) is 2.97. The number of carbonyl (C=O) groups excluding carboxylic acids is 1. The molecule has 5 heteroatoms. The molecule has 4 nitrogen and oxygen atoms in total. The van der Waals surface area contributed by atoms with Crippen LogP contribution in [0.15, 0.2) is 23.0 Å². The smallest absolute Gasteiger partial charge is 0.270 e. The topological polar surface area (TPSA) is 54.0 Å². The van der Waals surface area contributed by atoms with Crippen molar-refractivity contribution in [1.82, 2.24) is 15.6 Å². The minimum atomic E-state index is -0.0318. The standard InChI is InChI=1S/C15H17N3OS/c19-15(14-5-9-7-20-8-10(9)6-17-14)18-13-3-4-16-12-2-1-11(12)13/h5-8,11-13,16H,1-4H2,(H,18,19)/t11?,12?,13-/m1/s1. The van der Waals surface area contributed by atoms with E-state index >= 15 is 0 Å². The third-order valence-corrected chi connectivity index (χ3v) is 5.39. The van der Waals surface area contributed by atoms with Gasteiger partial charge in [0.25, 0.3) is 5.91 Å². The maximum Gasteiger partial charge on any atom is 0.270 e. The Balaban J connectivity index is 1.51. The summed E-state index contributed by atoms with van der Waals surface area (Å²) in [6.07, 6.45) is 5.28. The Morgan fingerprint density at radius 2 is 2.20 bits per heavy atom. The second-order valence-corrected chi connectivity index (χ2v) is 6.48. The minimum Gasteiger partial charge on any atom is -0.348 e. The first-order valence-corrected chi connectivity index (χ1v) is 8.12. The Hall–Kier alpha value is -1.46. The summed E-state index contributed by atoms with van der Waals surface area (Å²) in [7, 11) is 0. The van der Waals surface area contributed by atoms with Gasteiger partial charge in [-0.1, -0.05) is 0 Å². The van der Waals surface area contributed by atoms with E-state index in [0.29, 0.717) is 23.7 Å². The molecule has 2 N–H and O–H groups in total. The van der Waals surface area contributed by atoms with Crippen molar-refractivity contribution in [2.45, 2.75) is 31.3 Å². The summed E-state index contributed by atoms with van der Waals surface area (Å²) in [5, 5.41) is 13.0. The first-order chi connectivity index (χ1) is 9.81. The fraction of sp³-hybridized carbons (Fsp3) is 0.467. The SMILES string of the molecule is O=C(N[C@@H]1CCNC2CCC21)c1cc2cscc2cn1. The lowest BCUT2D eigenvalue weighted by Gasteiger charge is -2.46. The lowest BCUT2D eigenvalue weighted by molar-refractivity contribution is 0.0794. The highest BCUT2D eigenvalue weighted by Crippen LogP contribution is 2.34. The van der Waals surface area contributed by atoms with Crippen LogP contribution in [0, 0.1) is 5.92 Å². The van der Waals surface area contributed by atoms with Gasteiger partial charge in [0.1, 0.15) is 5.69 Å². The summed E-state index contributed by atoms with van der Waals surface area (Å²) >= 11 is 1.64. The molecule has 20 heavy (non-hydrogen) atoms. The third-order valence-electron chi connectivity index (χ3n) is 4.61. The van der Waals surface area contributed by atoms with E-state index in [1.165, 1.54) is 12.8 Å². The van der Waals surface area contributed by atoms with Gasteiger partial charge in [0.2, 0.25) is 0 Å². The summed E-state index contributed by atoms with van der Waals surface area (Å²) in [4.78, 5) is 16.6. The van der Waals surface area contributed by atoms with E-state index in [1.54, 1.807) is 17.5 Å². The molecular formula is C15H17N3OS. The summed E-state index contributed by atoms with van der Waals surface area (Å²) in [5.41, 5.74) is 0.533. The summed E-state index contributed by atoms with van der Waals surface area (Å²) in [5.74, 6) is 0.577. The quantitative estimate of drug-likeness (QED) is 0.890. The van der Waals surface area contributed by atoms with Gasteiger partial charge in [-0.2, -0.15) is 11.3 Å². The largest absolute Gasteiger partial charge is 0.348 e. The van der Waals surface area contributed by atoms with Gasteiger partial charge < -0.3 is 10.6 Å². The van der Waals surface area contributed by atoms with Crippen LogP contribution in [-0.4, -0.2) is 29.5 Å². The van der Waals surface area contributed by atoms with E-state index in [0.717, 1.165) is 23.7 Å². The number of amides is 1. The highest BCUT2D eigenvalue weighted by Gasteiger charge is 2.40. The Morgan fingerprint density at radius 3 is 3.05 bits per heavy atom. The average molecular weight is 287 g/mol. The number of carbonyl (C=O) groups is 1. The van der Waals surface area contributed by atoms with Crippen molar-refractivity contribution in [3.63, 3.8) is 0 Å². The van der Waals surface area contributed by atoms with Gasteiger partial charge in [-0.3, -0.25) is 9.78 Å². The molecule has 104 valence electrons. The van der Waals surface area contributed by atoms with Crippen LogP contribution in [0.4, 0.5) is 0 Å². The number of nitrogens with zero attached hydrogens (tertiary/aromatic N) is 1. The maximum absolute atomic E-state index is 12.4. The summed E-state index contributed by atoms with van der Waals surface area (Å²) in [6, 6.07) is 2.81. The van der Waals surface area contributed by atoms with E-state index in [1.807, 2.05) is 6.07 Å². The number of aromatic nitrogens is 1. The number of hydrogen-bond donors (Lipinski definition) is 2. The molecule has 3 heterocycles. The molecule has 1 aliphatic carbocycles. The molecule has 1 aliphatic heterocycles.